The number of anilines is 3. The number of hydrogen-bond donors (Lipinski definition) is 3. The largest absolute Gasteiger partial charge is 0.399 e. The Balaban J connectivity index is 2.39. The first-order valence-electron chi connectivity index (χ1n) is 5.39. The minimum absolute atomic E-state index is 0.0190. The molecule has 0 aliphatic carbocycles. The number of nitrogen functional groups attached to an aromatic ring is 1. The molecule has 19 heavy (non-hydrogen) atoms. The number of rotatable bonds is 3. The highest BCUT2D eigenvalue weighted by atomic mass is 35.5. The third kappa shape index (κ3) is 2.95. The van der Waals surface area contributed by atoms with Gasteiger partial charge in [0.25, 0.3) is 5.91 Å². The van der Waals surface area contributed by atoms with Crippen LogP contribution in [-0.2, 0) is 0 Å². The average Bonchev–Trinajstić information content (AvgIpc) is 2.33. The van der Waals surface area contributed by atoms with E-state index in [2.05, 4.69) is 5.32 Å². The summed E-state index contributed by atoms with van der Waals surface area (Å²) in [5, 5.41) is 2.91. The van der Waals surface area contributed by atoms with Gasteiger partial charge in [-0.05, 0) is 36.4 Å². The van der Waals surface area contributed by atoms with Gasteiger partial charge < -0.3 is 16.8 Å². The lowest BCUT2D eigenvalue weighted by Crippen LogP contribution is -2.13. The molecule has 2 rings (SSSR count). The predicted molar refractivity (Wildman–Crippen MR) is 74.1 cm³/mol. The number of primary amides is 1. The smallest absolute Gasteiger partial charge is 0.250 e. The molecule has 0 atom stereocenters. The second kappa shape index (κ2) is 5.16. The van der Waals surface area contributed by atoms with E-state index in [1.807, 2.05) is 0 Å². The van der Waals surface area contributed by atoms with Crippen molar-refractivity contribution in [3.8, 4) is 0 Å². The number of carbonyl (C=O) groups is 1. The summed E-state index contributed by atoms with van der Waals surface area (Å²) < 4.78 is 13.1. The number of amides is 1. The molecule has 0 saturated carbocycles. The number of benzene rings is 2. The molecule has 0 spiro atoms. The first-order valence-corrected chi connectivity index (χ1v) is 5.76. The molecule has 0 fully saturated rings. The molecule has 6 heteroatoms. The van der Waals surface area contributed by atoms with Crippen LogP contribution in [0.5, 0.6) is 0 Å². The summed E-state index contributed by atoms with van der Waals surface area (Å²) in [4.78, 5) is 11.3. The molecule has 2 aromatic carbocycles. The Morgan fingerprint density at radius 3 is 2.58 bits per heavy atom. The van der Waals surface area contributed by atoms with Crippen molar-refractivity contribution in [1.29, 1.82) is 0 Å². The van der Waals surface area contributed by atoms with Gasteiger partial charge >= 0.3 is 0 Å². The Hall–Kier alpha value is -2.27. The lowest BCUT2D eigenvalue weighted by Gasteiger charge is -2.11. The van der Waals surface area contributed by atoms with Gasteiger partial charge in [-0.2, -0.15) is 0 Å². The minimum atomic E-state index is -0.587. The predicted octanol–water partition coefficient (Wildman–Crippen LogP) is 2.90. The van der Waals surface area contributed by atoms with Crippen LogP contribution in [0.25, 0.3) is 0 Å². The molecule has 0 aliphatic heterocycles. The van der Waals surface area contributed by atoms with E-state index < -0.39 is 11.7 Å². The van der Waals surface area contributed by atoms with Gasteiger partial charge in [-0.1, -0.05) is 11.6 Å². The summed E-state index contributed by atoms with van der Waals surface area (Å²) >= 11 is 5.68. The minimum Gasteiger partial charge on any atom is -0.399 e. The molecule has 0 unspecified atom stereocenters. The molecule has 1 amide bonds. The third-order valence-corrected chi connectivity index (χ3v) is 2.80. The molecule has 0 radical (unpaired) electrons. The fourth-order valence-electron chi connectivity index (χ4n) is 1.61. The van der Waals surface area contributed by atoms with Crippen molar-refractivity contribution >= 4 is 34.6 Å². The van der Waals surface area contributed by atoms with Crippen molar-refractivity contribution < 1.29 is 9.18 Å². The van der Waals surface area contributed by atoms with Gasteiger partial charge in [0.05, 0.1) is 16.3 Å². The topological polar surface area (TPSA) is 81.1 Å². The van der Waals surface area contributed by atoms with Crippen molar-refractivity contribution in [3.05, 3.63) is 52.8 Å². The van der Waals surface area contributed by atoms with E-state index in [1.54, 1.807) is 12.1 Å². The van der Waals surface area contributed by atoms with Crippen molar-refractivity contribution in [3.63, 3.8) is 0 Å². The number of carbonyl (C=O) groups excluding carboxylic acids is 1. The number of nitrogens with two attached hydrogens (primary N) is 2. The second-order valence-corrected chi connectivity index (χ2v) is 4.33. The number of halogens is 2. The lowest BCUT2D eigenvalue weighted by atomic mass is 10.1. The maximum Gasteiger partial charge on any atom is 0.250 e. The SMILES string of the molecule is NC(=O)c1ccc(N)cc1Nc1ccc(F)c(Cl)c1. The molecular formula is C13H11ClFN3O. The summed E-state index contributed by atoms with van der Waals surface area (Å²) in [5.41, 5.74) is 12.7. The van der Waals surface area contributed by atoms with Gasteiger partial charge in [0, 0.05) is 11.4 Å². The molecule has 0 saturated heterocycles. The fraction of sp³-hybridized carbons (Fsp3) is 0. The van der Waals surface area contributed by atoms with Crippen LogP contribution in [0.4, 0.5) is 21.5 Å². The summed E-state index contributed by atoms with van der Waals surface area (Å²) in [6.45, 7) is 0. The van der Waals surface area contributed by atoms with Crippen LogP contribution in [0.15, 0.2) is 36.4 Å². The molecule has 0 aliphatic rings. The quantitative estimate of drug-likeness (QED) is 0.756. The zero-order valence-corrected chi connectivity index (χ0v) is 10.5. The lowest BCUT2D eigenvalue weighted by molar-refractivity contribution is 0.100. The molecule has 0 aromatic heterocycles. The van der Waals surface area contributed by atoms with Crippen LogP contribution >= 0.6 is 11.6 Å². The van der Waals surface area contributed by atoms with E-state index >= 15 is 0 Å². The maximum absolute atomic E-state index is 13.1. The zero-order chi connectivity index (χ0) is 14.0. The van der Waals surface area contributed by atoms with E-state index in [9.17, 15) is 9.18 Å². The van der Waals surface area contributed by atoms with Crippen LogP contribution in [0, 0.1) is 5.82 Å². The highest BCUT2D eigenvalue weighted by Gasteiger charge is 2.09. The first kappa shape index (κ1) is 13.2. The van der Waals surface area contributed by atoms with E-state index in [0.29, 0.717) is 17.1 Å². The maximum atomic E-state index is 13.1. The average molecular weight is 280 g/mol. The molecule has 5 N–H and O–H groups in total. The molecule has 4 nitrogen and oxygen atoms in total. The highest BCUT2D eigenvalue weighted by Crippen LogP contribution is 2.26. The van der Waals surface area contributed by atoms with Gasteiger partial charge in [0.15, 0.2) is 0 Å². The molecular weight excluding hydrogens is 269 g/mol. The standard InChI is InChI=1S/C13H11ClFN3O/c14-10-6-8(2-4-11(10)15)18-12-5-7(16)1-3-9(12)13(17)19/h1-6,18H,16H2,(H2,17,19). The van der Waals surface area contributed by atoms with E-state index in [1.165, 1.54) is 24.3 Å². The van der Waals surface area contributed by atoms with Gasteiger partial charge in [0.1, 0.15) is 5.82 Å². The normalized spacial score (nSPS) is 10.2. The van der Waals surface area contributed by atoms with Crippen molar-refractivity contribution in [2.75, 3.05) is 11.1 Å². The molecule has 0 bridgehead atoms. The van der Waals surface area contributed by atoms with Crippen molar-refractivity contribution in [2.45, 2.75) is 0 Å². The summed E-state index contributed by atoms with van der Waals surface area (Å²) in [7, 11) is 0. The summed E-state index contributed by atoms with van der Waals surface area (Å²) in [5.74, 6) is -1.11. The fourth-order valence-corrected chi connectivity index (χ4v) is 1.79. The summed E-state index contributed by atoms with van der Waals surface area (Å²) in [6.07, 6.45) is 0. The van der Waals surface area contributed by atoms with Gasteiger partial charge in [-0.15, -0.1) is 0 Å². The van der Waals surface area contributed by atoms with Crippen molar-refractivity contribution in [2.24, 2.45) is 5.73 Å². The molecule has 2 aromatic rings. The van der Waals surface area contributed by atoms with Gasteiger partial charge in [0.2, 0.25) is 0 Å². The van der Waals surface area contributed by atoms with E-state index in [-0.39, 0.29) is 10.6 Å². The van der Waals surface area contributed by atoms with E-state index in [0.717, 1.165) is 0 Å². The Labute approximate surface area is 114 Å². The Kier molecular flexibility index (Phi) is 3.57. The van der Waals surface area contributed by atoms with Crippen LogP contribution in [0.2, 0.25) is 5.02 Å². The molecule has 0 heterocycles. The highest BCUT2D eigenvalue weighted by molar-refractivity contribution is 6.31. The van der Waals surface area contributed by atoms with Crippen molar-refractivity contribution in [1.82, 2.24) is 0 Å². The zero-order valence-electron chi connectivity index (χ0n) is 9.78. The Morgan fingerprint density at radius 1 is 1.21 bits per heavy atom. The van der Waals surface area contributed by atoms with Gasteiger partial charge in [-0.25, -0.2) is 4.39 Å². The Morgan fingerprint density at radius 2 is 1.95 bits per heavy atom. The Bertz CT molecular complexity index is 646. The second-order valence-electron chi connectivity index (χ2n) is 3.92. The monoisotopic (exact) mass is 279 g/mol. The van der Waals surface area contributed by atoms with Crippen LogP contribution in [0.3, 0.4) is 0 Å². The first-order chi connectivity index (χ1) is 8.97. The van der Waals surface area contributed by atoms with Crippen LogP contribution in [-0.4, -0.2) is 5.91 Å². The molecule has 98 valence electrons. The van der Waals surface area contributed by atoms with Crippen LogP contribution in [0.1, 0.15) is 10.4 Å². The third-order valence-electron chi connectivity index (χ3n) is 2.51. The summed E-state index contributed by atoms with van der Waals surface area (Å²) in [6, 6.07) is 8.78. The number of hydrogen-bond acceptors (Lipinski definition) is 3. The number of nitrogens with one attached hydrogen (secondary N) is 1. The van der Waals surface area contributed by atoms with E-state index in [4.69, 9.17) is 23.1 Å². The van der Waals surface area contributed by atoms with Gasteiger partial charge in [-0.3, -0.25) is 4.79 Å². The van der Waals surface area contributed by atoms with Crippen LogP contribution < -0.4 is 16.8 Å².